The number of anilines is 12. The summed E-state index contributed by atoms with van der Waals surface area (Å²) < 4.78 is 0. The molecular formula is C50H32N18. The Kier molecular flexibility index (Phi) is 9.94. The molecule has 0 aliphatic carbocycles. The van der Waals surface area contributed by atoms with Crippen molar-refractivity contribution in [1.82, 2.24) is 69.8 Å². The van der Waals surface area contributed by atoms with E-state index in [-0.39, 0.29) is 0 Å². The monoisotopic (exact) mass is 884 g/mol. The van der Waals surface area contributed by atoms with Gasteiger partial charge in [0.25, 0.3) is 0 Å². The zero-order valence-corrected chi connectivity index (χ0v) is 35.5. The van der Waals surface area contributed by atoms with E-state index < -0.39 is 0 Å². The van der Waals surface area contributed by atoms with Crippen molar-refractivity contribution in [2.45, 2.75) is 0 Å². The number of rotatable bonds is 12. The normalized spacial score (nSPS) is 11.2. The van der Waals surface area contributed by atoms with Crippen LogP contribution < -0.4 is 19.6 Å². The summed E-state index contributed by atoms with van der Waals surface area (Å²) in [5, 5.41) is 5.26. The van der Waals surface area contributed by atoms with Gasteiger partial charge < -0.3 is 0 Å². The lowest BCUT2D eigenvalue weighted by Gasteiger charge is -2.32. The molecule has 0 bridgehead atoms. The van der Waals surface area contributed by atoms with E-state index in [2.05, 4.69) is 76.2 Å². The molecule has 0 aliphatic rings. The summed E-state index contributed by atoms with van der Waals surface area (Å²) in [5.74, 6) is 3.68. The van der Waals surface area contributed by atoms with Gasteiger partial charge in [-0.1, -0.05) is 42.5 Å². The largest absolute Gasteiger partial charge is 0.293 e. The van der Waals surface area contributed by atoms with Crippen LogP contribution in [0.25, 0.3) is 32.3 Å². The maximum absolute atomic E-state index is 4.88. The van der Waals surface area contributed by atoms with E-state index in [1.54, 1.807) is 130 Å². The van der Waals surface area contributed by atoms with E-state index in [0.717, 1.165) is 49.4 Å². The van der Waals surface area contributed by atoms with Crippen molar-refractivity contribution in [3.05, 3.63) is 197 Å². The molecule has 7 aromatic heterocycles. The Labute approximate surface area is 386 Å². The summed E-state index contributed by atoms with van der Waals surface area (Å²) in [6.45, 7) is 0. The molecule has 0 unspecified atom stereocenters. The van der Waals surface area contributed by atoms with Crippen molar-refractivity contribution in [3.8, 4) is 0 Å². The predicted octanol–water partition coefficient (Wildman–Crippen LogP) is 9.99. The fourth-order valence-corrected chi connectivity index (χ4v) is 8.57. The molecule has 0 saturated heterocycles. The molecule has 0 radical (unpaired) electrons. The van der Waals surface area contributed by atoms with Crippen LogP contribution in [0.5, 0.6) is 0 Å². The van der Waals surface area contributed by atoms with Crippen LogP contribution in [0.15, 0.2) is 197 Å². The first-order valence-corrected chi connectivity index (χ1v) is 21.2. The standard InChI is InChI=1S/C50H32N18/c1-2-4-33(5-3-1)65(42-26-51-10-17-58-42)38-24-39(66(43-27-52-11-18-59-43)44-28-53-12-19-60-44)35-8-9-37-41(68(47-31-56-15-22-63-47)48-32-57-16-23-64-48)25-40(36-7-6-34(38)49(35)50(36)37)67(45-29-54-13-20-61-45)46-30-55-14-21-62-46/h1-32H. The van der Waals surface area contributed by atoms with Gasteiger partial charge in [-0.05, 0) is 24.3 Å². The van der Waals surface area contributed by atoms with Gasteiger partial charge in [0.2, 0.25) is 0 Å². The Morgan fingerprint density at radius 2 is 0.500 bits per heavy atom. The molecule has 68 heavy (non-hydrogen) atoms. The molecule has 12 aromatic rings. The molecule has 0 atom stereocenters. The topological polar surface area (TPSA) is 193 Å². The molecule has 0 fully saturated rings. The second-order valence-corrected chi connectivity index (χ2v) is 15.0. The van der Waals surface area contributed by atoms with E-state index in [0.29, 0.717) is 52.1 Å². The minimum Gasteiger partial charge on any atom is -0.293 e. The lowest BCUT2D eigenvalue weighted by atomic mass is 9.89. The van der Waals surface area contributed by atoms with Crippen molar-refractivity contribution in [1.29, 1.82) is 0 Å². The first kappa shape index (κ1) is 39.5. The van der Waals surface area contributed by atoms with Crippen LogP contribution in [0.4, 0.5) is 69.2 Å². The third kappa shape index (κ3) is 6.93. The van der Waals surface area contributed by atoms with E-state index in [1.165, 1.54) is 0 Å². The van der Waals surface area contributed by atoms with E-state index in [9.17, 15) is 0 Å². The second-order valence-electron chi connectivity index (χ2n) is 15.0. The Morgan fingerprint density at radius 1 is 0.250 bits per heavy atom. The van der Waals surface area contributed by atoms with Gasteiger partial charge in [-0.25, -0.2) is 34.9 Å². The second kappa shape index (κ2) is 17.1. The smallest absolute Gasteiger partial charge is 0.157 e. The molecule has 18 heteroatoms. The molecule has 18 nitrogen and oxygen atoms in total. The molecule has 12 rings (SSSR count). The van der Waals surface area contributed by atoms with Crippen molar-refractivity contribution in [2.24, 2.45) is 0 Å². The lowest BCUT2D eigenvalue weighted by Crippen LogP contribution is -2.18. The first-order valence-electron chi connectivity index (χ1n) is 21.2. The number of hydrogen-bond donors (Lipinski definition) is 0. The first-order chi connectivity index (χ1) is 33.8. The van der Waals surface area contributed by atoms with Gasteiger partial charge in [0.15, 0.2) is 40.7 Å². The summed E-state index contributed by atoms with van der Waals surface area (Å²) >= 11 is 0. The van der Waals surface area contributed by atoms with E-state index in [1.807, 2.05) is 45.0 Å². The van der Waals surface area contributed by atoms with E-state index in [4.69, 9.17) is 34.9 Å². The SMILES string of the molecule is c1ccc(N(c2cnccn2)c2cc(N(c3cnccn3)c3cnccn3)c3ccc4c(N(c5cnccn5)c5cnccn5)cc(N(c5cnccn5)c5cnccn5)c5ccc2c3c54)cc1. The van der Waals surface area contributed by atoms with Gasteiger partial charge in [-0.15, -0.1) is 0 Å². The molecular weight excluding hydrogens is 853 g/mol. The van der Waals surface area contributed by atoms with Gasteiger partial charge in [-0.2, -0.15) is 0 Å². The number of para-hydroxylation sites is 1. The van der Waals surface area contributed by atoms with E-state index >= 15 is 0 Å². The predicted molar refractivity (Wildman–Crippen MR) is 258 cm³/mol. The van der Waals surface area contributed by atoms with Gasteiger partial charge >= 0.3 is 0 Å². The average molecular weight is 885 g/mol. The minimum absolute atomic E-state index is 0.510. The van der Waals surface area contributed by atoms with Gasteiger partial charge in [0.05, 0.1) is 66.1 Å². The maximum atomic E-state index is 4.88. The molecule has 5 aromatic carbocycles. The molecule has 0 spiro atoms. The summed E-state index contributed by atoms with van der Waals surface area (Å²) in [7, 11) is 0. The number of benzene rings is 5. The Bertz CT molecular complexity index is 2990. The summed E-state index contributed by atoms with van der Waals surface area (Å²) in [6, 6.07) is 22.8. The third-order valence-corrected chi connectivity index (χ3v) is 11.2. The highest BCUT2D eigenvalue weighted by Crippen LogP contribution is 2.53. The quantitative estimate of drug-likeness (QED) is 0.105. The summed E-state index contributed by atoms with van der Waals surface area (Å²) in [5.41, 5.74) is 3.80. The average Bonchev–Trinajstić information content (AvgIpc) is 3.42. The fourth-order valence-electron chi connectivity index (χ4n) is 8.57. The van der Waals surface area contributed by atoms with Crippen molar-refractivity contribution >= 4 is 101 Å². The van der Waals surface area contributed by atoms with Crippen LogP contribution in [-0.2, 0) is 0 Å². The summed E-state index contributed by atoms with van der Waals surface area (Å²) in [4.78, 5) is 73.4. The fraction of sp³-hybridized carbons (Fsp3) is 0. The highest BCUT2D eigenvalue weighted by Gasteiger charge is 2.30. The number of nitrogens with zero attached hydrogens (tertiary/aromatic N) is 18. The van der Waals surface area contributed by atoms with Gasteiger partial charge in [-0.3, -0.25) is 54.5 Å². The summed E-state index contributed by atoms with van der Waals surface area (Å²) in [6.07, 6.45) is 35.1. The van der Waals surface area contributed by atoms with Crippen LogP contribution in [0.2, 0.25) is 0 Å². The maximum Gasteiger partial charge on any atom is 0.157 e. The van der Waals surface area contributed by atoms with Crippen molar-refractivity contribution in [2.75, 3.05) is 19.6 Å². The van der Waals surface area contributed by atoms with Crippen LogP contribution in [0, 0.1) is 0 Å². The van der Waals surface area contributed by atoms with Crippen LogP contribution in [0.1, 0.15) is 0 Å². The third-order valence-electron chi connectivity index (χ3n) is 11.2. The zero-order valence-electron chi connectivity index (χ0n) is 35.5. The van der Waals surface area contributed by atoms with Gasteiger partial charge in [0.1, 0.15) is 0 Å². The van der Waals surface area contributed by atoms with Crippen LogP contribution >= 0.6 is 0 Å². The van der Waals surface area contributed by atoms with Crippen LogP contribution in [0.3, 0.4) is 0 Å². The minimum atomic E-state index is 0.510. The number of aromatic nitrogens is 14. The Hall–Kier alpha value is -10.1. The molecule has 0 saturated carbocycles. The molecule has 322 valence electrons. The van der Waals surface area contributed by atoms with Crippen molar-refractivity contribution < 1.29 is 0 Å². The van der Waals surface area contributed by atoms with Crippen LogP contribution in [-0.4, -0.2) is 69.8 Å². The molecule has 7 heterocycles. The highest BCUT2D eigenvalue weighted by molar-refractivity contribution is 6.32. The molecule has 0 amide bonds. The Balaban J connectivity index is 1.28. The molecule has 0 N–H and O–H groups in total. The number of hydrogen-bond acceptors (Lipinski definition) is 18. The zero-order chi connectivity index (χ0) is 45.2. The van der Waals surface area contributed by atoms with Crippen molar-refractivity contribution in [3.63, 3.8) is 0 Å². The highest BCUT2D eigenvalue weighted by atomic mass is 15.3. The lowest BCUT2D eigenvalue weighted by molar-refractivity contribution is 1.06. The molecule has 0 aliphatic heterocycles. The Morgan fingerprint density at radius 3 is 0.750 bits per heavy atom. The van der Waals surface area contributed by atoms with Gasteiger partial charge in [0, 0.05) is 125 Å².